The van der Waals surface area contributed by atoms with Crippen molar-refractivity contribution in [2.45, 2.75) is 12.8 Å². The van der Waals surface area contributed by atoms with Gasteiger partial charge in [-0.15, -0.1) is 0 Å². The molecule has 0 bridgehead atoms. The predicted octanol–water partition coefficient (Wildman–Crippen LogP) is 1.95. The van der Waals surface area contributed by atoms with Gasteiger partial charge < -0.3 is 10.1 Å². The molecule has 1 amide bonds. The van der Waals surface area contributed by atoms with Gasteiger partial charge in [-0.2, -0.15) is 0 Å². The molecule has 5 nitrogen and oxygen atoms in total. The molecule has 1 saturated heterocycles. The molecule has 2 rings (SSSR count). The zero-order valence-corrected chi connectivity index (χ0v) is 13.4. The van der Waals surface area contributed by atoms with Crippen LogP contribution in [0.5, 0.6) is 0 Å². The standard InChI is InChI=1S/C16H21ClN2O3/c1-22-15(20)11-19-7-5-12(6-8-19)10-18-16(21)13-3-2-4-14(17)9-13/h2-4,9,12H,5-8,10-11H2,1H3,(H,18,21). The van der Waals surface area contributed by atoms with E-state index in [1.54, 1.807) is 24.3 Å². The molecule has 1 N–H and O–H groups in total. The van der Waals surface area contributed by atoms with E-state index in [0.717, 1.165) is 25.9 Å². The Morgan fingerprint density at radius 3 is 2.73 bits per heavy atom. The number of likely N-dealkylation sites (tertiary alicyclic amines) is 1. The maximum Gasteiger partial charge on any atom is 0.319 e. The van der Waals surface area contributed by atoms with Gasteiger partial charge in [0.2, 0.25) is 0 Å². The minimum Gasteiger partial charge on any atom is -0.468 e. The number of ether oxygens (including phenoxy) is 1. The lowest BCUT2D eigenvalue weighted by Crippen LogP contribution is -2.41. The quantitative estimate of drug-likeness (QED) is 0.841. The van der Waals surface area contributed by atoms with Crippen LogP contribution < -0.4 is 5.32 Å². The molecule has 1 heterocycles. The number of carbonyl (C=O) groups excluding carboxylic acids is 2. The molecule has 1 fully saturated rings. The van der Waals surface area contributed by atoms with Gasteiger partial charge in [-0.05, 0) is 50.0 Å². The van der Waals surface area contributed by atoms with Gasteiger partial charge in [-0.25, -0.2) is 0 Å². The number of methoxy groups -OCH3 is 1. The molecule has 1 aliphatic heterocycles. The maximum absolute atomic E-state index is 12.0. The Bertz CT molecular complexity index is 528. The topological polar surface area (TPSA) is 58.6 Å². The second-order valence-electron chi connectivity index (χ2n) is 5.52. The van der Waals surface area contributed by atoms with E-state index in [0.29, 0.717) is 29.6 Å². The van der Waals surface area contributed by atoms with E-state index in [4.69, 9.17) is 11.6 Å². The number of hydrogen-bond acceptors (Lipinski definition) is 4. The summed E-state index contributed by atoms with van der Waals surface area (Å²) in [6.45, 7) is 2.70. The number of rotatable bonds is 5. The minimum atomic E-state index is -0.201. The van der Waals surface area contributed by atoms with Gasteiger partial charge >= 0.3 is 5.97 Å². The number of amides is 1. The number of esters is 1. The summed E-state index contributed by atoms with van der Waals surface area (Å²) in [4.78, 5) is 25.4. The SMILES string of the molecule is COC(=O)CN1CCC(CNC(=O)c2cccc(Cl)c2)CC1. The summed E-state index contributed by atoms with van der Waals surface area (Å²) in [6, 6.07) is 6.92. The van der Waals surface area contributed by atoms with Crippen LogP contribution in [0.15, 0.2) is 24.3 Å². The largest absolute Gasteiger partial charge is 0.468 e. The molecule has 0 aromatic heterocycles. The van der Waals surface area contributed by atoms with Gasteiger partial charge in [0.15, 0.2) is 0 Å². The molecule has 0 spiro atoms. The smallest absolute Gasteiger partial charge is 0.319 e. The molecule has 1 aromatic carbocycles. The lowest BCUT2D eigenvalue weighted by atomic mass is 9.96. The first-order valence-electron chi connectivity index (χ1n) is 7.41. The van der Waals surface area contributed by atoms with Crippen molar-refractivity contribution in [1.82, 2.24) is 10.2 Å². The number of carbonyl (C=O) groups is 2. The first kappa shape index (κ1) is 16.8. The van der Waals surface area contributed by atoms with E-state index in [2.05, 4.69) is 15.0 Å². The Hall–Kier alpha value is -1.59. The van der Waals surface area contributed by atoms with Crippen LogP contribution in [0.2, 0.25) is 5.02 Å². The Kier molecular flexibility index (Phi) is 6.21. The maximum atomic E-state index is 12.0. The summed E-state index contributed by atoms with van der Waals surface area (Å²) in [5.41, 5.74) is 0.579. The average molecular weight is 325 g/mol. The third-order valence-corrected chi connectivity index (χ3v) is 4.16. The second-order valence-corrected chi connectivity index (χ2v) is 5.95. The van der Waals surface area contributed by atoms with Crippen molar-refractivity contribution < 1.29 is 14.3 Å². The number of piperidine rings is 1. The van der Waals surface area contributed by atoms with E-state index in [9.17, 15) is 9.59 Å². The zero-order valence-electron chi connectivity index (χ0n) is 12.7. The third-order valence-electron chi connectivity index (χ3n) is 3.93. The lowest BCUT2D eigenvalue weighted by molar-refractivity contribution is -0.142. The molecular formula is C16H21ClN2O3. The zero-order chi connectivity index (χ0) is 15.9. The summed E-state index contributed by atoms with van der Waals surface area (Å²) < 4.78 is 4.67. The number of nitrogens with one attached hydrogen (secondary N) is 1. The highest BCUT2D eigenvalue weighted by molar-refractivity contribution is 6.30. The van der Waals surface area contributed by atoms with Crippen LogP contribution in [0.1, 0.15) is 23.2 Å². The fourth-order valence-corrected chi connectivity index (χ4v) is 2.75. The Morgan fingerprint density at radius 1 is 1.36 bits per heavy atom. The van der Waals surface area contributed by atoms with Gasteiger partial charge in [-0.3, -0.25) is 14.5 Å². The summed E-state index contributed by atoms with van der Waals surface area (Å²) in [5.74, 6) is 0.143. The molecule has 0 aliphatic carbocycles. The van der Waals surface area contributed by atoms with Crippen LogP contribution in [-0.4, -0.2) is 50.1 Å². The van der Waals surface area contributed by atoms with Gasteiger partial charge in [0.25, 0.3) is 5.91 Å². The molecule has 120 valence electrons. The van der Waals surface area contributed by atoms with Crippen LogP contribution >= 0.6 is 11.6 Å². The van der Waals surface area contributed by atoms with Crippen molar-refractivity contribution in [3.05, 3.63) is 34.9 Å². The molecule has 22 heavy (non-hydrogen) atoms. The van der Waals surface area contributed by atoms with Gasteiger partial charge in [0.1, 0.15) is 0 Å². The first-order chi connectivity index (χ1) is 10.6. The Balaban J connectivity index is 1.72. The van der Waals surface area contributed by atoms with Crippen molar-refractivity contribution in [3.8, 4) is 0 Å². The van der Waals surface area contributed by atoms with Crippen molar-refractivity contribution >= 4 is 23.5 Å². The molecule has 0 atom stereocenters. The molecular weight excluding hydrogens is 304 g/mol. The molecule has 1 aromatic rings. The number of nitrogens with zero attached hydrogens (tertiary/aromatic N) is 1. The van der Waals surface area contributed by atoms with Crippen molar-refractivity contribution in [1.29, 1.82) is 0 Å². The highest BCUT2D eigenvalue weighted by atomic mass is 35.5. The molecule has 0 radical (unpaired) electrons. The highest BCUT2D eigenvalue weighted by Crippen LogP contribution is 2.16. The normalized spacial score (nSPS) is 16.3. The van der Waals surface area contributed by atoms with E-state index in [1.165, 1.54) is 7.11 Å². The fraction of sp³-hybridized carbons (Fsp3) is 0.500. The van der Waals surface area contributed by atoms with Gasteiger partial charge in [0, 0.05) is 17.1 Å². The minimum absolute atomic E-state index is 0.0977. The Morgan fingerprint density at radius 2 is 2.09 bits per heavy atom. The molecule has 6 heteroatoms. The van der Waals surface area contributed by atoms with E-state index in [-0.39, 0.29) is 11.9 Å². The van der Waals surface area contributed by atoms with E-state index >= 15 is 0 Å². The van der Waals surface area contributed by atoms with Crippen molar-refractivity contribution in [2.24, 2.45) is 5.92 Å². The van der Waals surface area contributed by atoms with Crippen molar-refractivity contribution in [2.75, 3.05) is 33.3 Å². The van der Waals surface area contributed by atoms with Crippen LogP contribution in [0.4, 0.5) is 0 Å². The number of halogens is 1. The van der Waals surface area contributed by atoms with E-state index in [1.807, 2.05) is 0 Å². The molecule has 0 saturated carbocycles. The summed E-state index contributed by atoms with van der Waals surface area (Å²) in [5, 5.41) is 3.51. The first-order valence-corrected chi connectivity index (χ1v) is 7.79. The lowest BCUT2D eigenvalue weighted by Gasteiger charge is -2.31. The van der Waals surface area contributed by atoms with Crippen LogP contribution in [0.3, 0.4) is 0 Å². The fourth-order valence-electron chi connectivity index (χ4n) is 2.56. The van der Waals surface area contributed by atoms with E-state index < -0.39 is 0 Å². The average Bonchev–Trinajstić information content (AvgIpc) is 2.53. The molecule has 0 unspecified atom stereocenters. The van der Waals surface area contributed by atoms with Gasteiger partial charge in [0.05, 0.1) is 13.7 Å². The van der Waals surface area contributed by atoms with Crippen LogP contribution in [0, 0.1) is 5.92 Å². The molecule has 1 aliphatic rings. The monoisotopic (exact) mass is 324 g/mol. The van der Waals surface area contributed by atoms with Crippen LogP contribution in [-0.2, 0) is 9.53 Å². The number of benzene rings is 1. The summed E-state index contributed by atoms with van der Waals surface area (Å²) in [6.07, 6.45) is 1.93. The van der Waals surface area contributed by atoms with Crippen molar-refractivity contribution in [3.63, 3.8) is 0 Å². The summed E-state index contributed by atoms with van der Waals surface area (Å²) >= 11 is 5.88. The Labute approximate surface area is 135 Å². The summed E-state index contributed by atoms with van der Waals surface area (Å²) in [7, 11) is 1.40. The predicted molar refractivity (Wildman–Crippen MR) is 85.0 cm³/mol. The highest BCUT2D eigenvalue weighted by Gasteiger charge is 2.21. The van der Waals surface area contributed by atoms with Gasteiger partial charge in [-0.1, -0.05) is 17.7 Å². The van der Waals surface area contributed by atoms with Crippen LogP contribution in [0.25, 0.3) is 0 Å². The third kappa shape index (κ3) is 5.00. The number of hydrogen-bond donors (Lipinski definition) is 1. The second kappa shape index (κ2) is 8.15.